The predicted molar refractivity (Wildman–Crippen MR) is 84.4 cm³/mol. The van der Waals surface area contributed by atoms with Crippen LogP contribution >= 0.6 is 11.6 Å². The molecule has 0 spiro atoms. The van der Waals surface area contributed by atoms with Crippen LogP contribution in [0.2, 0.25) is 5.02 Å². The molecule has 0 unspecified atom stereocenters. The Hall–Kier alpha value is -2.53. The minimum atomic E-state index is -0.202. The molecule has 6 heteroatoms. The van der Waals surface area contributed by atoms with E-state index in [1.807, 2.05) is 30.3 Å². The number of amides is 1. The number of carbonyl (C=O) groups is 1. The molecule has 0 atom stereocenters. The molecule has 1 amide bonds. The number of benzene rings is 2. The smallest absolute Gasteiger partial charge is 0.395 e. The van der Waals surface area contributed by atoms with Gasteiger partial charge in [0.05, 0.1) is 0 Å². The van der Waals surface area contributed by atoms with E-state index in [4.69, 9.17) is 20.8 Å². The number of para-hydroxylation sites is 1. The van der Waals surface area contributed by atoms with Crippen molar-refractivity contribution in [2.24, 2.45) is 0 Å². The summed E-state index contributed by atoms with van der Waals surface area (Å²) in [7, 11) is 1.69. The van der Waals surface area contributed by atoms with Crippen molar-refractivity contribution in [3.63, 3.8) is 0 Å². The molecule has 0 aliphatic heterocycles. The number of halogens is 1. The molecule has 0 aliphatic rings. The summed E-state index contributed by atoms with van der Waals surface area (Å²) in [5.41, 5.74) is 1.94. The third kappa shape index (κ3) is 3.04. The van der Waals surface area contributed by atoms with Gasteiger partial charge in [-0.1, -0.05) is 29.8 Å². The van der Waals surface area contributed by atoms with Gasteiger partial charge in [0.25, 0.3) is 5.91 Å². The molecule has 3 aromatic rings. The van der Waals surface area contributed by atoms with Gasteiger partial charge in [0.2, 0.25) is 0 Å². The van der Waals surface area contributed by atoms with E-state index in [1.165, 1.54) is 4.90 Å². The first-order valence-electron chi connectivity index (χ1n) is 6.64. The summed E-state index contributed by atoms with van der Waals surface area (Å²) in [6.07, 6.45) is 0.0482. The molecule has 0 fully saturated rings. The summed E-state index contributed by atoms with van der Waals surface area (Å²) in [5.74, 6) is -0.202. The van der Waals surface area contributed by atoms with Crippen molar-refractivity contribution in [1.82, 2.24) is 4.98 Å². The van der Waals surface area contributed by atoms with Crippen LogP contribution in [-0.4, -0.2) is 24.5 Å². The van der Waals surface area contributed by atoms with Crippen LogP contribution in [0.4, 0.5) is 5.69 Å². The number of anilines is 1. The number of hydrogen-bond acceptors (Lipinski definition) is 4. The van der Waals surface area contributed by atoms with Crippen LogP contribution in [0.1, 0.15) is 0 Å². The van der Waals surface area contributed by atoms with Gasteiger partial charge in [-0.3, -0.25) is 4.79 Å². The molecule has 22 heavy (non-hydrogen) atoms. The van der Waals surface area contributed by atoms with Crippen molar-refractivity contribution in [2.45, 2.75) is 0 Å². The maximum Gasteiger partial charge on any atom is 0.395 e. The maximum absolute atomic E-state index is 12.1. The summed E-state index contributed by atoms with van der Waals surface area (Å²) in [4.78, 5) is 17.7. The third-order valence-corrected chi connectivity index (χ3v) is 3.40. The minimum absolute atomic E-state index is 0.0482. The molecule has 1 aromatic heterocycles. The average Bonchev–Trinajstić information content (AvgIpc) is 2.94. The number of hydrogen-bond donors (Lipinski definition) is 0. The van der Waals surface area contributed by atoms with E-state index in [0.717, 1.165) is 5.69 Å². The van der Waals surface area contributed by atoms with Gasteiger partial charge in [-0.15, -0.1) is 0 Å². The maximum atomic E-state index is 12.1. The Labute approximate surface area is 132 Å². The zero-order valence-electron chi connectivity index (χ0n) is 11.8. The van der Waals surface area contributed by atoms with Crippen LogP contribution in [0.15, 0.2) is 52.9 Å². The lowest BCUT2D eigenvalue weighted by Crippen LogP contribution is -2.31. The quantitative estimate of drug-likeness (QED) is 0.739. The number of oxazole rings is 1. The molecule has 5 nitrogen and oxygen atoms in total. The van der Waals surface area contributed by atoms with E-state index in [1.54, 1.807) is 25.2 Å². The zero-order valence-corrected chi connectivity index (χ0v) is 12.6. The van der Waals surface area contributed by atoms with E-state index >= 15 is 0 Å². The molecule has 1 heterocycles. The Morgan fingerprint density at radius 2 is 2.05 bits per heavy atom. The fourth-order valence-electron chi connectivity index (χ4n) is 1.95. The normalized spacial score (nSPS) is 10.6. The standard InChI is InChI=1S/C16H13ClN2O3/c1-19(12-5-3-2-4-6-12)15(20)10-21-16-18-13-8-7-11(17)9-14(13)22-16/h2-9H,10H2,1H3. The second kappa shape index (κ2) is 6.07. The lowest BCUT2D eigenvalue weighted by Gasteiger charge is -2.16. The van der Waals surface area contributed by atoms with Crippen LogP contribution in [0.5, 0.6) is 6.08 Å². The zero-order chi connectivity index (χ0) is 15.5. The van der Waals surface area contributed by atoms with Crippen LogP contribution in [-0.2, 0) is 4.79 Å². The molecular formula is C16H13ClN2O3. The van der Waals surface area contributed by atoms with Gasteiger partial charge in [-0.05, 0) is 24.3 Å². The molecule has 112 valence electrons. The first-order chi connectivity index (χ1) is 10.6. The van der Waals surface area contributed by atoms with Gasteiger partial charge in [-0.25, -0.2) is 0 Å². The van der Waals surface area contributed by atoms with Crippen molar-refractivity contribution in [1.29, 1.82) is 0 Å². The van der Waals surface area contributed by atoms with Crippen molar-refractivity contribution in [2.75, 3.05) is 18.6 Å². The number of rotatable bonds is 4. The second-order valence-electron chi connectivity index (χ2n) is 4.67. The molecule has 0 saturated heterocycles. The fraction of sp³-hybridized carbons (Fsp3) is 0.125. The topological polar surface area (TPSA) is 55.6 Å². The van der Waals surface area contributed by atoms with E-state index < -0.39 is 0 Å². The average molecular weight is 317 g/mol. The van der Waals surface area contributed by atoms with E-state index in [2.05, 4.69) is 4.98 Å². The van der Waals surface area contributed by atoms with E-state index in [9.17, 15) is 4.79 Å². The number of carbonyl (C=O) groups excluding carboxylic acids is 1. The van der Waals surface area contributed by atoms with Gasteiger partial charge in [-0.2, -0.15) is 4.98 Å². The van der Waals surface area contributed by atoms with Crippen molar-refractivity contribution in [3.05, 3.63) is 53.6 Å². The summed E-state index contributed by atoms with van der Waals surface area (Å²) in [5, 5.41) is 0.551. The molecule has 3 rings (SSSR count). The summed E-state index contributed by atoms with van der Waals surface area (Å²) < 4.78 is 10.7. The van der Waals surface area contributed by atoms with Crippen molar-refractivity contribution < 1.29 is 13.9 Å². The van der Waals surface area contributed by atoms with Gasteiger partial charge in [0, 0.05) is 23.8 Å². The number of aromatic nitrogens is 1. The lowest BCUT2D eigenvalue weighted by molar-refractivity contribution is -0.120. The van der Waals surface area contributed by atoms with Gasteiger partial charge < -0.3 is 14.1 Å². The highest BCUT2D eigenvalue weighted by Crippen LogP contribution is 2.23. The number of ether oxygens (including phenoxy) is 1. The Balaban J connectivity index is 1.67. The fourth-order valence-corrected chi connectivity index (χ4v) is 2.12. The highest BCUT2D eigenvalue weighted by Gasteiger charge is 2.14. The predicted octanol–water partition coefficient (Wildman–Crippen LogP) is 3.52. The molecule has 0 aliphatic carbocycles. The molecule has 2 aromatic carbocycles. The van der Waals surface area contributed by atoms with Crippen molar-refractivity contribution in [3.8, 4) is 6.08 Å². The van der Waals surface area contributed by atoms with Crippen LogP contribution in [0.3, 0.4) is 0 Å². The number of fused-ring (bicyclic) bond motifs is 1. The minimum Gasteiger partial charge on any atom is -0.440 e. The molecule has 0 bridgehead atoms. The molecular weight excluding hydrogens is 304 g/mol. The van der Waals surface area contributed by atoms with Gasteiger partial charge in [0.1, 0.15) is 5.52 Å². The van der Waals surface area contributed by atoms with Crippen molar-refractivity contribution >= 4 is 34.3 Å². The first kappa shape index (κ1) is 14.4. The highest BCUT2D eigenvalue weighted by molar-refractivity contribution is 6.31. The molecule has 0 saturated carbocycles. The SMILES string of the molecule is CN(C(=O)COc1nc2ccc(Cl)cc2o1)c1ccccc1. The Morgan fingerprint density at radius 1 is 1.27 bits per heavy atom. The largest absolute Gasteiger partial charge is 0.440 e. The summed E-state index contributed by atoms with van der Waals surface area (Å²) in [6.45, 7) is -0.161. The Bertz CT molecular complexity index is 802. The van der Waals surface area contributed by atoms with Gasteiger partial charge in [0.15, 0.2) is 12.2 Å². The third-order valence-electron chi connectivity index (χ3n) is 3.17. The Morgan fingerprint density at radius 3 is 2.82 bits per heavy atom. The lowest BCUT2D eigenvalue weighted by atomic mass is 10.3. The first-order valence-corrected chi connectivity index (χ1v) is 7.02. The highest BCUT2D eigenvalue weighted by atomic mass is 35.5. The number of nitrogens with zero attached hydrogens (tertiary/aromatic N) is 2. The van der Waals surface area contributed by atoms with Gasteiger partial charge >= 0.3 is 6.08 Å². The van der Waals surface area contributed by atoms with E-state index in [-0.39, 0.29) is 18.6 Å². The monoisotopic (exact) mass is 316 g/mol. The second-order valence-corrected chi connectivity index (χ2v) is 5.11. The van der Waals surface area contributed by atoms with Crippen LogP contribution in [0.25, 0.3) is 11.1 Å². The summed E-state index contributed by atoms with van der Waals surface area (Å²) >= 11 is 5.88. The Kier molecular flexibility index (Phi) is 3.98. The molecule has 0 radical (unpaired) electrons. The van der Waals surface area contributed by atoms with Crippen LogP contribution in [0, 0.1) is 0 Å². The van der Waals surface area contributed by atoms with Crippen LogP contribution < -0.4 is 9.64 Å². The summed E-state index contributed by atoms with van der Waals surface area (Å²) in [6, 6.07) is 14.4. The number of likely N-dealkylation sites (N-methyl/N-ethyl adjacent to an activating group) is 1. The van der Waals surface area contributed by atoms with E-state index in [0.29, 0.717) is 16.1 Å². The molecule has 0 N–H and O–H groups in total.